The Morgan fingerprint density at radius 2 is 2.44 bits per heavy atom. The number of nitrogens with two attached hydrogens (primary N) is 1. The summed E-state index contributed by atoms with van der Waals surface area (Å²) in [5.74, 6) is -1.18. The van der Waals surface area contributed by atoms with Gasteiger partial charge in [0.1, 0.15) is 12.7 Å². The molecule has 1 saturated heterocycles. The second-order valence-corrected chi connectivity index (χ2v) is 4.02. The summed E-state index contributed by atoms with van der Waals surface area (Å²) in [5, 5.41) is 3.15. The molecule has 1 amide bonds. The van der Waals surface area contributed by atoms with Crippen LogP contribution in [0.2, 0.25) is 0 Å². The van der Waals surface area contributed by atoms with Gasteiger partial charge in [-0.3, -0.25) is 4.79 Å². The van der Waals surface area contributed by atoms with Crippen LogP contribution in [0.3, 0.4) is 0 Å². The average Bonchev–Trinajstić information content (AvgIpc) is 2.38. The fourth-order valence-corrected chi connectivity index (χ4v) is 1.68. The Balaban J connectivity index is 1.94. The normalized spacial score (nSPS) is 19.5. The van der Waals surface area contributed by atoms with Crippen LogP contribution in [0.1, 0.15) is 10.4 Å². The number of nitrogens with one attached hydrogen (secondary N) is 1. The molecular formula is C12H15FN2O3. The van der Waals surface area contributed by atoms with E-state index >= 15 is 0 Å². The van der Waals surface area contributed by atoms with Crippen LogP contribution in [-0.2, 0) is 4.74 Å². The maximum absolute atomic E-state index is 13.6. The first kappa shape index (κ1) is 12.8. The predicted molar refractivity (Wildman–Crippen MR) is 63.0 cm³/mol. The molecule has 98 valence electrons. The molecule has 1 aliphatic rings. The van der Waals surface area contributed by atoms with Crippen LogP contribution >= 0.6 is 0 Å². The third-order valence-corrected chi connectivity index (χ3v) is 2.65. The molecule has 2 rings (SSSR count). The molecule has 0 aliphatic carbocycles. The van der Waals surface area contributed by atoms with E-state index in [2.05, 4.69) is 5.32 Å². The van der Waals surface area contributed by atoms with Crippen LogP contribution in [0.5, 0.6) is 5.75 Å². The minimum absolute atomic E-state index is 0.0889. The van der Waals surface area contributed by atoms with Crippen molar-refractivity contribution in [3.05, 3.63) is 29.6 Å². The number of carbonyl (C=O) groups is 1. The number of primary amides is 1. The maximum atomic E-state index is 13.6. The summed E-state index contributed by atoms with van der Waals surface area (Å²) >= 11 is 0. The van der Waals surface area contributed by atoms with E-state index in [0.29, 0.717) is 13.2 Å². The Morgan fingerprint density at radius 3 is 3.06 bits per heavy atom. The zero-order chi connectivity index (χ0) is 13.0. The van der Waals surface area contributed by atoms with Gasteiger partial charge >= 0.3 is 0 Å². The number of rotatable bonds is 4. The number of ether oxygens (including phenoxy) is 2. The van der Waals surface area contributed by atoms with Crippen molar-refractivity contribution in [2.24, 2.45) is 5.73 Å². The number of hydrogen-bond donors (Lipinski definition) is 2. The lowest BCUT2D eigenvalue weighted by Crippen LogP contribution is -2.41. The van der Waals surface area contributed by atoms with Gasteiger partial charge in [0.2, 0.25) is 5.91 Å². The molecule has 1 aliphatic heterocycles. The molecular weight excluding hydrogens is 239 g/mol. The number of benzene rings is 1. The van der Waals surface area contributed by atoms with Crippen molar-refractivity contribution in [3.8, 4) is 5.75 Å². The molecule has 1 heterocycles. The first-order chi connectivity index (χ1) is 8.66. The van der Waals surface area contributed by atoms with Crippen molar-refractivity contribution in [2.45, 2.75) is 6.10 Å². The Labute approximate surface area is 104 Å². The Hall–Kier alpha value is -1.66. The molecule has 1 aromatic carbocycles. The highest BCUT2D eigenvalue weighted by Crippen LogP contribution is 2.18. The van der Waals surface area contributed by atoms with Gasteiger partial charge in [0, 0.05) is 18.7 Å². The summed E-state index contributed by atoms with van der Waals surface area (Å²) in [6, 6.07) is 3.89. The summed E-state index contributed by atoms with van der Waals surface area (Å²) in [6.45, 7) is 2.39. The average molecular weight is 254 g/mol. The molecule has 0 bridgehead atoms. The van der Waals surface area contributed by atoms with Gasteiger partial charge in [-0.05, 0) is 18.2 Å². The van der Waals surface area contributed by atoms with Gasteiger partial charge in [-0.15, -0.1) is 0 Å². The number of halogens is 1. The molecule has 0 radical (unpaired) electrons. The first-order valence-corrected chi connectivity index (χ1v) is 5.71. The SMILES string of the molecule is NC(=O)c1ccc(OCC2CNCCO2)c(F)c1. The summed E-state index contributed by atoms with van der Waals surface area (Å²) in [5.41, 5.74) is 5.17. The van der Waals surface area contributed by atoms with E-state index < -0.39 is 11.7 Å². The summed E-state index contributed by atoms with van der Waals surface area (Å²) in [4.78, 5) is 10.9. The van der Waals surface area contributed by atoms with Crippen LogP contribution in [0.25, 0.3) is 0 Å². The fourth-order valence-electron chi connectivity index (χ4n) is 1.68. The second-order valence-electron chi connectivity index (χ2n) is 4.02. The highest BCUT2D eigenvalue weighted by molar-refractivity contribution is 5.92. The molecule has 0 aromatic heterocycles. The molecule has 3 N–H and O–H groups in total. The summed E-state index contributed by atoms with van der Waals surface area (Å²) < 4.78 is 24.3. The zero-order valence-corrected chi connectivity index (χ0v) is 9.82. The van der Waals surface area contributed by atoms with Crippen LogP contribution in [0.15, 0.2) is 18.2 Å². The third kappa shape index (κ3) is 3.18. The van der Waals surface area contributed by atoms with Crippen molar-refractivity contribution < 1.29 is 18.7 Å². The second kappa shape index (κ2) is 5.79. The molecule has 0 spiro atoms. The van der Waals surface area contributed by atoms with Crippen LogP contribution < -0.4 is 15.8 Å². The topological polar surface area (TPSA) is 73.6 Å². The van der Waals surface area contributed by atoms with E-state index in [1.54, 1.807) is 0 Å². The highest BCUT2D eigenvalue weighted by atomic mass is 19.1. The zero-order valence-electron chi connectivity index (χ0n) is 9.82. The Bertz CT molecular complexity index is 433. The van der Waals surface area contributed by atoms with E-state index in [1.807, 2.05) is 0 Å². The molecule has 1 aromatic rings. The van der Waals surface area contributed by atoms with Crippen molar-refractivity contribution in [1.82, 2.24) is 5.32 Å². The summed E-state index contributed by atoms with van der Waals surface area (Å²) in [7, 11) is 0. The molecule has 1 atom stereocenters. The van der Waals surface area contributed by atoms with Gasteiger partial charge in [0.15, 0.2) is 11.6 Å². The number of hydrogen-bond acceptors (Lipinski definition) is 4. The van der Waals surface area contributed by atoms with Gasteiger partial charge < -0.3 is 20.5 Å². The van der Waals surface area contributed by atoms with E-state index in [1.165, 1.54) is 12.1 Å². The van der Waals surface area contributed by atoms with E-state index in [9.17, 15) is 9.18 Å². The largest absolute Gasteiger partial charge is 0.488 e. The highest BCUT2D eigenvalue weighted by Gasteiger charge is 2.15. The fraction of sp³-hybridized carbons (Fsp3) is 0.417. The lowest BCUT2D eigenvalue weighted by atomic mass is 10.2. The van der Waals surface area contributed by atoms with E-state index in [4.69, 9.17) is 15.2 Å². The van der Waals surface area contributed by atoms with Crippen LogP contribution in [0, 0.1) is 5.82 Å². The lowest BCUT2D eigenvalue weighted by molar-refractivity contribution is -0.000543. The van der Waals surface area contributed by atoms with Crippen molar-refractivity contribution >= 4 is 5.91 Å². The van der Waals surface area contributed by atoms with Crippen LogP contribution in [0.4, 0.5) is 4.39 Å². The van der Waals surface area contributed by atoms with Gasteiger partial charge in [-0.1, -0.05) is 0 Å². The van der Waals surface area contributed by atoms with Crippen molar-refractivity contribution in [1.29, 1.82) is 0 Å². The lowest BCUT2D eigenvalue weighted by Gasteiger charge is -2.23. The van der Waals surface area contributed by atoms with Gasteiger partial charge in [0.05, 0.1) is 6.61 Å². The predicted octanol–water partition coefficient (Wildman–Crippen LogP) is 0.292. The monoisotopic (exact) mass is 254 g/mol. The molecule has 0 saturated carbocycles. The molecule has 6 heteroatoms. The van der Waals surface area contributed by atoms with E-state index in [-0.39, 0.29) is 24.0 Å². The molecule has 5 nitrogen and oxygen atoms in total. The maximum Gasteiger partial charge on any atom is 0.248 e. The number of carbonyl (C=O) groups excluding carboxylic acids is 1. The Morgan fingerprint density at radius 1 is 1.61 bits per heavy atom. The minimum atomic E-state index is -0.666. The van der Waals surface area contributed by atoms with Gasteiger partial charge in [-0.2, -0.15) is 0 Å². The van der Waals surface area contributed by atoms with Gasteiger partial charge in [-0.25, -0.2) is 4.39 Å². The Kier molecular flexibility index (Phi) is 4.11. The number of amides is 1. The van der Waals surface area contributed by atoms with Crippen LogP contribution in [-0.4, -0.2) is 38.3 Å². The van der Waals surface area contributed by atoms with Crippen molar-refractivity contribution in [3.63, 3.8) is 0 Å². The number of morpholine rings is 1. The standard InChI is InChI=1S/C12H15FN2O3/c13-10-5-8(12(14)16)1-2-11(10)18-7-9-6-15-3-4-17-9/h1-2,5,9,15H,3-4,6-7H2,(H2,14,16). The third-order valence-electron chi connectivity index (χ3n) is 2.65. The molecule has 1 fully saturated rings. The molecule has 18 heavy (non-hydrogen) atoms. The minimum Gasteiger partial charge on any atom is -0.488 e. The molecule has 1 unspecified atom stereocenters. The smallest absolute Gasteiger partial charge is 0.248 e. The van der Waals surface area contributed by atoms with E-state index in [0.717, 1.165) is 12.6 Å². The van der Waals surface area contributed by atoms with Crippen molar-refractivity contribution in [2.75, 3.05) is 26.3 Å². The summed E-state index contributed by atoms with van der Waals surface area (Å²) in [6.07, 6.45) is -0.0889. The van der Waals surface area contributed by atoms with Gasteiger partial charge in [0.25, 0.3) is 0 Å². The quantitative estimate of drug-likeness (QED) is 0.810. The first-order valence-electron chi connectivity index (χ1n) is 5.71.